The third kappa shape index (κ3) is 6.04. The number of nitriles is 1. The van der Waals surface area contributed by atoms with E-state index in [1.54, 1.807) is 12.1 Å². The minimum atomic E-state index is -0.592. The highest BCUT2D eigenvalue weighted by Gasteiger charge is 2.39. The fraction of sp³-hybridized carbons (Fsp3) is 0.500. The van der Waals surface area contributed by atoms with Gasteiger partial charge in [-0.1, -0.05) is 23.7 Å². The van der Waals surface area contributed by atoms with E-state index in [4.69, 9.17) is 16.3 Å². The summed E-state index contributed by atoms with van der Waals surface area (Å²) in [6.07, 6.45) is 3.13. The summed E-state index contributed by atoms with van der Waals surface area (Å²) in [6.45, 7) is 4.49. The van der Waals surface area contributed by atoms with Crippen molar-refractivity contribution >= 4 is 11.6 Å². The Bertz CT molecular complexity index is 949. The molecule has 1 aliphatic carbocycles. The summed E-state index contributed by atoms with van der Waals surface area (Å²) in [4.78, 5) is 4.81. The summed E-state index contributed by atoms with van der Waals surface area (Å²) in [5.74, 6) is 0.255. The quantitative estimate of drug-likeness (QED) is 0.654. The third-order valence-corrected chi connectivity index (χ3v) is 7.28. The van der Waals surface area contributed by atoms with Crippen molar-refractivity contribution in [2.45, 2.75) is 43.2 Å². The number of aliphatic hydroxyl groups excluding tert-OH is 1. The molecule has 5 nitrogen and oxygen atoms in total. The Balaban J connectivity index is 1.21. The molecule has 7 heteroatoms. The van der Waals surface area contributed by atoms with Gasteiger partial charge in [-0.3, -0.25) is 9.80 Å². The maximum absolute atomic E-state index is 13.0. The monoisotopic (exact) mass is 471 g/mol. The summed E-state index contributed by atoms with van der Waals surface area (Å²) >= 11 is 6.18. The Labute approximate surface area is 200 Å². The molecule has 0 bridgehead atoms. The number of hydrogen-bond donors (Lipinski definition) is 1. The summed E-state index contributed by atoms with van der Waals surface area (Å²) in [7, 11) is 0. The van der Waals surface area contributed by atoms with Crippen LogP contribution in [0, 0.1) is 17.1 Å². The first kappa shape index (κ1) is 24.0. The lowest BCUT2D eigenvalue weighted by Gasteiger charge is -2.44. The largest absolute Gasteiger partial charge is 0.491 e. The summed E-state index contributed by atoms with van der Waals surface area (Å²) < 4.78 is 18.5. The normalized spacial score (nSPS) is 25.3. The molecule has 1 heterocycles. The van der Waals surface area contributed by atoms with Crippen LogP contribution >= 0.6 is 11.6 Å². The zero-order valence-corrected chi connectivity index (χ0v) is 19.6. The average Bonchev–Trinajstić information content (AvgIpc) is 2.84. The second-order valence-electron chi connectivity index (χ2n) is 9.19. The van der Waals surface area contributed by atoms with E-state index in [0.29, 0.717) is 23.4 Å². The number of ether oxygens (including phenoxy) is 1. The average molecular weight is 472 g/mol. The SMILES string of the molecule is N#CC1(c2cccc(Cl)c2)CCC(N2CCN(CC(O)COc3ccc(F)cc3)CC2)CC1. The van der Waals surface area contributed by atoms with Crippen molar-refractivity contribution in [3.63, 3.8) is 0 Å². The lowest BCUT2D eigenvalue weighted by Crippen LogP contribution is -2.53. The molecule has 1 aliphatic heterocycles. The molecule has 2 fully saturated rings. The summed E-state index contributed by atoms with van der Waals surface area (Å²) in [6, 6.07) is 16.7. The molecule has 0 spiro atoms. The highest BCUT2D eigenvalue weighted by molar-refractivity contribution is 6.30. The van der Waals surface area contributed by atoms with Gasteiger partial charge in [-0.05, 0) is 67.6 Å². The van der Waals surface area contributed by atoms with Gasteiger partial charge in [-0.2, -0.15) is 5.26 Å². The smallest absolute Gasteiger partial charge is 0.123 e. The zero-order chi connectivity index (χ0) is 23.3. The molecule has 1 atom stereocenters. The number of benzene rings is 2. The van der Waals surface area contributed by atoms with Crippen LogP contribution in [-0.4, -0.2) is 66.4 Å². The fourth-order valence-corrected chi connectivity index (χ4v) is 5.29. The van der Waals surface area contributed by atoms with Crippen LogP contribution < -0.4 is 4.74 Å². The molecule has 1 unspecified atom stereocenters. The van der Waals surface area contributed by atoms with E-state index in [-0.39, 0.29) is 12.4 Å². The minimum absolute atomic E-state index is 0.189. The van der Waals surface area contributed by atoms with Crippen molar-refractivity contribution in [1.29, 1.82) is 5.26 Å². The van der Waals surface area contributed by atoms with Crippen molar-refractivity contribution in [2.75, 3.05) is 39.3 Å². The van der Waals surface area contributed by atoms with E-state index in [0.717, 1.165) is 57.4 Å². The van der Waals surface area contributed by atoms with Crippen LogP contribution in [0.2, 0.25) is 5.02 Å². The van der Waals surface area contributed by atoms with E-state index >= 15 is 0 Å². The molecule has 4 rings (SSSR count). The molecule has 1 N–H and O–H groups in total. The molecule has 0 amide bonds. The molecule has 2 aliphatic rings. The van der Waals surface area contributed by atoms with Crippen molar-refractivity contribution in [3.05, 3.63) is 64.9 Å². The Morgan fingerprint density at radius 1 is 1.12 bits per heavy atom. The van der Waals surface area contributed by atoms with Crippen LogP contribution in [0.3, 0.4) is 0 Å². The number of hydrogen-bond acceptors (Lipinski definition) is 5. The van der Waals surface area contributed by atoms with Crippen molar-refractivity contribution < 1.29 is 14.2 Å². The number of nitrogens with zero attached hydrogens (tertiary/aromatic N) is 3. The van der Waals surface area contributed by atoms with Crippen molar-refractivity contribution in [2.24, 2.45) is 0 Å². The molecule has 0 aromatic heterocycles. The van der Waals surface area contributed by atoms with Crippen molar-refractivity contribution in [3.8, 4) is 11.8 Å². The number of aliphatic hydroxyl groups is 1. The van der Waals surface area contributed by atoms with Gasteiger partial charge in [0.1, 0.15) is 24.3 Å². The van der Waals surface area contributed by atoms with E-state index in [1.165, 1.54) is 12.1 Å². The van der Waals surface area contributed by atoms with Crippen LogP contribution in [0.5, 0.6) is 5.75 Å². The molecule has 176 valence electrons. The van der Waals surface area contributed by atoms with Gasteiger partial charge in [0, 0.05) is 43.8 Å². The van der Waals surface area contributed by atoms with Crippen LogP contribution in [0.1, 0.15) is 31.2 Å². The van der Waals surface area contributed by atoms with Gasteiger partial charge < -0.3 is 9.84 Å². The van der Waals surface area contributed by atoms with Gasteiger partial charge in [0.15, 0.2) is 0 Å². The summed E-state index contributed by atoms with van der Waals surface area (Å²) in [5.41, 5.74) is 0.607. The van der Waals surface area contributed by atoms with Gasteiger partial charge >= 0.3 is 0 Å². The highest BCUT2D eigenvalue weighted by Crippen LogP contribution is 2.41. The van der Waals surface area contributed by atoms with Gasteiger partial charge in [0.2, 0.25) is 0 Å². The first-order valence-corrected chi connectivity index (χ1v) is 12.1. The first-order valence-electron chi connectivity index (χ1n) is 11.7. The minimum Gasteiger partial charge on any atom is -0.491 e. The van der Waals surface area contributed by atoms with Crippen molar-refractivity contribution in [1.82, 2.24) is 9.80 Å². The molecule has 0 radical (unpaired) electrons. The van der Waals surface area contributed by atoms with Crippen LogP contribution in [0.25, 0.3) is 0 Å². The topological polar surface area (TPSA) is 59.7 Å². The second-order valence-corrected chi connectivity index (χ2v) is 9.63. The lowest BCUT2D eigenvalue weighted by atomic mass is 9.69. The number of halogens is 2. The Hall–Kier alpha value is -2.17. The number of rotatable bonds is 7. The molecule has 1 saturated carbocycles. The zero-order valence-electron chi connectivity index (χ0n) is 18.8. The first-order chi connectivity index (χ1) is 16.0. The predicted molar refractivity (Wildman–Crippen MR) is 127 cm³/mol. The molecular weight excluding hydrogens is 441 g/mol. The van der Waals surface area contributed by atoms with Gasteiger partial charge in [0.25, 0.3) is 0 Å². The highest BCUT2D eigenvalue weighted by atomic mass is 35.5. The van der Waals surface area contributed by atoms with E-state index in [1.807, 2.05) is 24.3 Å². The fourth-order valence-electron chi connectivity index (χ4n) is 5.10. The molecular formula is C26H31ClFN3O2. The molecule has 2 aromatic rings. The van der Waals surface area contributed by atoms with E-state index < -0.39 is 11.5 Å². The Morgan fingerprint density at radius 3 is 2.45 bits per heavy atom. The van der Waals surface area contributed by atoms with Crippen LogP contribution in [0.4, 0.5) is 4.39 Å². The third-order valence-electron chi connectivity index (χ3n) is 7.05. The predicted octanol–water partition coefficient (Wildman–Crippen LogP) is 4.24. The standard InChI is InChI=1S/C26H31ClFN3O2/c27-21-3-1-2-20(16-21)26(19-29)10-8-23(9-11-26)31-14-12-30(13-15-31)17-24(32)18-33-25-6-4-22(28)5-7-25/h1-7,16,23-24,32H,8-15,17-18H2. The number of β-amino-alcohol motifs (C(OH)–C–C–N with tert-alkyl or cyclic N) is 1. The van der Waals surface area contributed by atoms with Crippen LogP contribution in [-0.2, 0) is 5.41 Å². The second kappa shape index (κ2) is 10.8. The van der Waals surface area contributed by atoms with Gasteiger partial charge in [0.05, 0.1) is 11.5 Å². The maximum Gasteiger partial charge on any atom is 0.123 e. The van der Waals surface area contributed by atoms with E-state index in [2.05, 4.69) is 15.9 Å². The maximum atomic E-state index is 13.0. The lowest BCUT2D eigenvalue weighted by molar-refractivity contribution is 0.0286. The van der Waals surface area contributed by atoms with Crippen LogP contribution in [0.15, 0.2) is 48.5 Å². The Kier molecular flexibility index (Phi) is 7.87. The number of piperazine rings is 1. The Morgan fingerprint density at radius 2 is 1.82 bits per heavy atom. The van der Waals surface area contributed by atoms with E-state index in [9.17, 15) is 14.8 Å². The summed E-state index contributed by atoms with van der Waals surface area (Å²) in [5, 5.41) is 21.0. The van der Waals surface area contributed by atoms with Gasteiger partial charge in [-0.15, -0.1) is 0 Å². The van der Waals surface area contributed by atoms with Gasteiger partial charge in [-0.25, -0.2) is 4.39 Å². The molecule has 1 saturated heterocycles. The molecule has 2 aromatic carbocycles. The molecule has 33 heavy (non-hydrogen) atoms.